The Kier molecular flexibility index (Phi) is 5.25. The van der Waals surface area contributed by atoms with Gasteiger partial charge in [0.25, 0.3) is 5.91 Å². The number of carbonyl (C=O) groups excluding carboxylic acids is 2. The van der Waals surface area contributed by atoms with Crippen LogP contribution in [-0.4, -0.2) is 27.4 Å². The zero-order valence-corrected chi connectivity index (χ0v) is 17.0. The van der Waals surface area contributed by atoms with Gasteiger partial charge in [-0.05, 0) is 44.0 Å². The highest BCUT2D eigenvalue weighted by Crippen LogP contribution is 2.31. The van der Waals surface area contributed by atoms with Crippen molar-refractivity contribution >= 4 is 39.7 Å². The van der Waals surface area contributed by atoms with E-state index in [1.807, 2.05) is 6.92 Å². The smallest absolute Gasteiger partial charge is 0.273 e. The van der Waals surface area contributed by atoms with Crippen molar-refractivity contribution in [3.63, 3.8) is 0 Å². The molecule has 30 heavy (non-hydrogen) atoms. The second kappa shape index (κ2) is 7.86. The number of anilines is 3. The van der Waals surface area contributed by atoms with Crippen molar-refractivity contribution in [2.24, 2.45) is 0 Å². The average Bonchev–Trinajstić information content (AvgIpc) is 3.43. The van der Waals surface area contributed by atoms with Gasteiger partial charge in [-0.1, -0.05) is 29.3 Å². The Morgan fingerprint density at radius 3 is 2.63 bits per heavy atom. The Hall–Kier alpha value is -3.27. The minimum atomic E-state index is -0.518. The zero-order valence-electron chi connectivity index (χ0n) is 16.2. The summed E-state index contributed by atoms with van der Waals surface area (Å²) in [6, 6.07) is 7.00. The van der Waals surface area contributed by atoms with Gasteiger partial charge < -0.3 is 20.9 Å². The van der Waals surface area contributed by atoms with Crippen molar-refractivity contribution in [3.05, 3.63) is 52.5 Å². The molecule has 1 aromatic carbocycles. The van der Waals surface area contributed by atoms with Gasteiger partial charge in [-0.25, -0.2) is 9.37 Å². The predicted molar refractivity (Wildman–Crippen MR) is 110 cm³/mol. The van der Waals surface area contributed by atoms with Crippen molar-refractivity contribution in [1.82, 2.24) is 15.5 Å². The first-order valence-corrected chi connectivity index (χ1v) is 10.3. The highest BCUT2D eigenvalue weighted by molar-refractivity contribution is 7.18. The largest absolute Gasteiger partial charge is 0.382 e. The molecule has 0 unspecified atom stereocenters. The molecule has 0 spiro atoms. The fraction of sp³-hybridized carbons (Fsp3) is 0.300. The average molecular weight is 429 g/mol. The molecule has 1 amide bonds. The maximum absolute atomic E-state index is 13.0. The number of nitrogens with two attached hydrogens (primary N) is 1. The minimum absolute atomic E-state index is 0.0236. The van der Waals surface area contributed by atoms with E-state index in [2.05, 4.69) is 20.8 Å². The third kappa shape index (κ3) is 4.18. The fourth-order valence-corrected chi connectivity index (χ4v) is 4.27. The van der Waals surface area contributed by atoms with E-state index < -0.39 is 5.78 Å². The van der Waals surface area contributed by atoms with Crippen LogP contribution in [0, 0.1) is 5.82 Å². The summed E-state index contributed by atoms with van der Waals surface area (Å²) in [6.07, 6.45) is 3.95. The first-order chi connectivity index (χ1) is 14.3. The zero-order chi connectivity index (χ0) is 21.3. The molecule has 1 aliphatic rings. The van der Waals surface area contributed by atoms with Crippen LogP contribution in [0.15, 0.2) is 34.9 Å². The molecule has 156 valence electrons. The number of hydrogen-bond donors (Lipinski definition) is 3. The number of rotatable bonds is 6. The summed E-state index contributed by atoms with van der Waals surface area (Å²) in [5.74, 6) is -1.33. The van der Waals surface area contributed by atoms with Gasteiger partial charge in [0, 0.05) is 17.3 Å². The number of nitrogen functional groups attached to an aromatic ring is 1. The molecule has 1 saturated carbocycles. The molecule has 4 rings (SSSR count). The summed E-state index contributed by atoms with van der Waals surface area (Å²) in [5, 5.41) is 10.0. The van der Waals surface area contributed by atoms with Gasteiger partial charge in [0.15, 0.2) is 10.8 Å². The van der Waals surface area contributed by atoms with Crippen molar-refractivity contribution in [1.29, 1.82) is 0 Å². The van der Waals surface area contributed by atoms with E-state index in [4.69, 9.17) is 10.3 Å². The second-order valence-electron chi connectivity index (χ2n) is 7.49. The number of ketones is 1. The monoisotopic (exact) mass is 429 g/mol. The van der Waals surface area contributed by atoms with Crippen molar-refractivity contribution in [2.45, 2.75) is 38.1 Å². The van der Waals surface area contributed by atoms with Crippen LogP contribution in [0.5, 0.6) is 0 Å². The van der Waals surface area contributed by atoms with Crippen LogP contribution in [0.2, 0.25) is 0 Å². The van der Waals surface area contributed by atoms with Gasteiger partial charge in [-0.3, -0.25) is 9.59 Å². The Morgan fingerprint density at radius 2 is 1.93 bits per heavy atom. The lowest BCUT2D eigenvalue weighted by atomic mass is 10.0. The number of nitrogens with one attached hydrogen (secondary N) is 2. The van der Waals surface area contributed by atoms with Crippen LogP contribution in [0.1, 0.15) is 58.5 Å². The molecule has 2 aromatic heterocycles. The summed E-state index contributed by atoms with van der Waals surface area (Å²) >= 11 is 1.03. The summed E-state index contributed by atoms with van der Waals surface area (Å²) in [4.78, 5) is 29.5. The first-order valence-electron chi connectivity index (χ1n) is 9.46. The lowest BCUT2D eigenvalue weighted by Crippen LogP contribution is -2.43. The molecule has 0 aliphatic heterocycles. The molecule has 8 nitrogen and oxygen atoms in total. The third-order valence-corrected chi connectivity index (χ3v) is 6.03. The van der Waals surface area contributed by atoms with Crippen molar-refractivity contribution in [3.8, 4) is 0 Å². The summed E-state index contributed by atoms with van der Waals surface area (Å²) in [5.41, 5.74) is 6.27. The lowest BCUT2D eigenvalue weighted by Gasteiger charge is -2.24. The summed E-state index contributed by atoms with van der Waals surface area (Å²) < 4.78 is 18.1. The number of halogens is 1. The van der Waals surface area contributed by atoms with Crippen LogP contribution in [-0.2, 0) is 0 Å². The van der Waals surface area contributed by atoms with E-state index in [0.717, 1.165) is 37.0 Å². The second-order valence-corrected chi connectivity index (χ2v) is 8.49. The molecule has 2 heterocycles. The normalized spacial score (nSPS) is 15.1. The Labute approximate surface area is 175 Å². The molecule has 0 saturated heterocycles. The van der Waals surface area contributed by atoms with Gasteiger partial charge in [0.2, 0.25) is 11.5 Å². The van der Waals surface area contributed by atoms with Crippen molar-refractivity contribution < 1.29 is 18.5 Å². The van der Waals surface area contributed by atoms with Crippen LogP contribution >= 0.6 is 11.3 Å². The number of aromatic nitrogens is 2. The SMILES string of the molecule is CC1(NC(=O)c2cc(C(=O)c3sc(Nc4ccc(F)cc4)nc3N)on2)CCCC1. The van der Waals surface area contributed by atoms with Gasteiger partial charge in [0.1, 0.15) is 16.5 Å². The first kappa shape index (κ1) is 20.0. The molecule has 1 fully saturated rings. The van der Waals surface area contributed by atoms with Crippen LogP contribution in [0.25, 0.3) is 0 Å². The highest BCUT2D eigenvalue weighted by atomic mass is 32.1. The molecular formula is C20H20FN5O3S. The van der Waals surface area contributed by atoms with Gasteiger partial charge in [0.05, 0.1) is 0 Å². The molecule has 3 aromatic rings. The number of thiazole rings is 1. The van der Waals surface area contributed by atoms with Crippen molar-refractivity contribution in [2.75, 3.05) is 11.1 Å². The summed E-state index contributed by atoms with van der Waals surface area (Å²) in [6.45, 7) is 2.00. The van der Waals surface area contributed by atoms with Crippen LogP contribution in [0.3, 0.4) is 0 Å². The lowest BCUT2D eigenvalue weighted by molar-refractivity contribution is 0.0896. The molecule has 0 atom stereocenters. The van der Waals surface area contributed by atoms with Gasteiger partial charge in [-0.2, -0.15) is 0 Å². The van der Waals surface area contributed by atoms with Crippen LogP contribution < -0.4 is 16.4 Å². The van der Waals surface area contributed by atoms with E-state index in [0.29, 0.717) is 10.8 Å². The number of amides is 1. The van der Waals surface area contributed by atoms with E-state index >= 15 is 0 Å². The standard InChI is InChI=1S/C20H20FN5O3S/c1-20(8-2-3-9-20)25-18(28)13-10-14(29-26-13)15(27)16-17(22)24-19(30-16)23-12-6-4-11(21)5-7-12/h4-7,10H,2-3,8-9,22H2,1H3,(H,23,24)(H,25,28). The van der Waals surface area contributed by atoms with E-state index in [1.54, 1.807) is 12.1 Å². The minimum Gasteiger partial charge on any atom is -0.382 e. The van der Waals surface area contributed by atoms with E-state index in [1.165, 1.54) is 18.2 Å². The Bertz CT molecular complexity index is 1090. The van der Waals surface area contributed by atoms with E-state index in [-0.39, 0.29) is 39.4 Å². The molecule has 10 heteroatoms. The number of benzene rings is 1. The molecule has 0 radical (unpaired) electrons. The van der Waals surface area contributed by atoms with Crippen LogP contribution in [0.4, 0.5) is 21.0 Å². The quantitative estimate of drug-likeness (QED) is 0.508. The molecule has 4 N–H and O–H groups in total. The number of hydrogen-bond acceptors (Lipinski definition) is 8. The maximum Gasteiger partial charge on any atom is 0.273 e. The number of carbonyl (C=O) groups is 2. The summed E-state index contributed by atoms with van der Waals surface area (Å²) in [7, 11) is 0. The molecule has 1 aliphatic carbocycles. The fourth-order valence-electron chi connectivity index (χ4n) is 3.42. The van der Waals surface area contributed by atoms with E-state index in [9.17, 15) is 14.0 Å². The Morgan fingerprint density at radius 1 is 1.23 bits per heavy atom. The topological polar surface area (TPSA) is 123 Å². The molecular weight excluding hydrogens is 409 g/mol. The van der Waals surface area contributed by atoms with Gasteiger partial charge >= 0.3 is 0 Å². The number of nitrogens with zero attached hydrogens (tertiary/aromatic N) is 2. The third-order valence-electron chi connectivity index (χ3n) is 5.04. The Balaban J connectivity index is 1.47. The maximum atomic E-state index is 13.0. The predicted octanol–water partition coefficient (Wildman–Crippen LogP) is 3.89. The highest BCUT2D eigenvalue weighted by Gasteiger charge is 2.32. The van der Waals surface area contributed by atoms with Gasteiger partial charge in [-0.15, -0.1) is 0 Å². The molecule has 0 bridgehead atoms.